The third kappa shape index (κ3) is 2.75. The second-order valence-corrected chi connectivity index (χ2v) is 2.78. The van der Waals surface area contributed by atoms with Crippen molar-refractivity contribution in [3.05, 3.63) is 22.0 Å². The second kappa shape index (κ2) is 4.35. The number of nitrogens with zero attached hydrogens (tertiary/aromatic N) is 2. The average molecular weight is 268 g/mol. The van der Waals surface area contributed by atoms with Crippen LogP contribution in [-0.2, 0) is 0 Å². The lowest BCUT2D eigenvalue weighted by molar-refractivity contribution is -0.389. The van der Waals surface area contributed by atoms with Gasteiger partial charge in [0.05, 0.1) is 11.1 Å². The number of carboxylic acid groups (broad SMARTS) is 1. The first-order valence-corrected chi connectivity index (χ1v) is 3.99. The van der Waals surface area contributed by atoms with Crippen molar-refractivity contribution in [2.24, 2.45) is 0 Å². The Morgan fingerprint density at radius 3 is 2.44 bits per heavy atom. The third-order valence-electron chi connectivity index (χ3n) is 1.59. The molecule has 18 heavy (non-hydrogen) atoms. The summed E-state index contributed by atoms with van der Waals surface area (Å²) in [4.78, 5) is 22.6. The van der Waals surface area contributed by atoms with Crippen LogP contribution in [0.1, 0.15) is 10.5 Å². The molecule has 0 spiro atoms. The van der Waals surface area contributed by atoms with E-state index in [0.717, 1.165) is 0 Å². The summed E-state index contributed by atoms with van der Waals surface area (Å²) in [5.41, 5.74) is -2.86. The number of aromatic hydroxyl groups is 1. The van der Waals surface area contributed by atoms with Crippen LogP contribution in [0.25, 0.3) is 0 Å². The van der Waals surface area contributed by atoms with Crippen molar-refractivity contribution in [2.75, 3.05) is 0 Å². The number of halogens is 3. The van der Waals surface area contributed by atoms with E-state index in [9.17, 15) is 28.1 Å². The number of hydrogen-bond acceptors (Lipinski definition) is 6. The van der Waals surface area contributed by atoms with Crippen molar-refractivity contribution < 1.29 is 37.8 Å². The predicted molar refractivity (Wildman–Crippen MR) is 46.2 cm³/mol. The van der Waals surface area contributed by atoms with Gasteiger partial charge in [-0.15, -0.1) is 13.2 Å². The van der Waals surface area contributed by atoms with Crippen LogP contribution in [0, 0.1) is 10.1 Å². The highest BCUT2D eigenvalue weighted by molar-refractivity contribution is 5.92. The Balaban J connectivity index is 3.51. The lowest BCUT2D eigenvalue weighted by Gasteiger charge is -2.10. The van der Waals surface area contributed by atoms with Crippen molar-refractivity contribution >= 4 is 11.7 Å². The summed E-state index contributed by atoms with van der Waals surface area (Å²) >= 11 is 0. The number of carbonyl (C=O) groups is 1. The Morgan fingerprint density at radius 2 is 2.06 bits per heavy atom. The van der Waals surface area contributed by atoms with E-state index < -0.39 is 40.1 Å². The fraction of sp³-hybridized carbons (Fsp3) is 0.143. The fourth-order valence-corrected chi connectivity index (χ4v) is 1.02. The molecule has 0 atom stereocenters. The fourth-order valence-electron chi connectivity index (χ4n) is 1.02. The summed E-state index contributed by atoms with van der Waals surface area (Å²) in [6.45, 7) is 0. The number of pyridine rings is 1. The van der Waals surface area contributed by atoms with Crippen LogP contribution in [0.4, 0.5) is 18.9 Å². The van der Waals surface area contributed by atoms with Crippen LogP contribution < -0.4 is 4.74 Å². The van der Waals surface area contributed by atoms with Crippen LogP contribution in [0.5, 0.6) is 11.5 Å². The number of nitro groups is 1. The number of aromatic carboxylic acids is 1. The van der Waals surface area contributed by atoms with Gasteiger partial charge in [-0.25, -0.2) is 9.78 Å². The maximum absolute atomic E-state index is 12.0. The summed E-state index contributed by atoms with van der Waals surface area (Å²) < 4.78 is 39.1. The number of ether oxygens (including phenoxy) is 1. The van der Waals surface area contributed by atoms with Gasteiger partial charge in [-0.05, 0) is 0 Å². The summed E-state index contributed by atoms with van der Waals surface area (Å²) in [6.07, 6.45) is -5.03. The molecule has 0 saturated carbocycles. The Morgan fingerprint density at radius 1 is 1.50 bits per heavy atom. The summed E-state index contributed by atoms with van der Waals surface area (Å²) in [5, 5.41) is 28.1. The Bertz CT molecular complexity index is 515. The van der Waals surface area contributed by atoms with E-state index in [0.29, 0.717) is 6.20 Å². The molecule has 0 aliphatic carbocycles. The molecule has 1 heterocycles. The maximum Gasteiger partial charge on any atom is 0.573 e. The van der Waals surface area contributed by atoms with E-state index in [1.54, 1.807) is 0 Å². The average Bonchev–Trinajstić information content (AvgIpc) is 2.17. The van der Waals surface area contributed by atoms with Crippen molar-refractivity contribution in [2.45, 2.75) is 6.36 Å². The topological polar surface area (TPSA) is 123 Å². The molecule has 8 nitrogen and oxygen atoms in total. The van der Waals surface area contributed by atoms with Gasteiger partial charge in [-0.2, -0.15) is 0 Å². The van der Waals surface area contributed by atoms with Crippen molar-refractivity contribution in [1.29, 1.82) is 0 Å². The SMILES string of the molecule is O=C(O)c1ncc(O)c(OC(F)(F)F)c1[N+](=O)[O-]. The normalized spacial score (nSPS) is 11.1. The molecule has 0 amide bonds. The molecule has 1 rings (SSSR count). The van der Waals surface area contributed by atoms with Gasteiger partial charge < -0.3 is 14.9 Å². The molecule has 0 fully saturated rings. The van der Waals surface area contributed by atoms with Gasteiger partial charge in [-0.1, -0.05) is 0 Å². The number of hydrogen-bond donors (Lipinski definition) is 2. The van der Waals surface area contributed by atoms with Crippen LogP contribution in [0.3, 0.4) is 0 Å². The molecule has 0 aliphatic rings. The molecule has 0 saturated heterocycles. The number of rotatable bonds is 3. The first-order chi connectivity index (χ1) is 8.13. The van der Waals surface area contributed by atoms with E-state index in [-0.39, 0.29) is 0 Å². The third-order valence-corrected chi connectivity index (χ3v) is 1.59. The minimum Gasteiger partial charge on any atom is -0.503 e. The minimum atomic E-state index is -5.33. The Labute approximate surface area is 95.4 Å². The Hall–Kier alpha value is -2.59. The molecule has 0 aromatic carbocycles. The Kier molecular flexibility index (Phi) is 3.26. The van der Waals surface area contributed by atoms with Crippen LogP contribution in [0.15, 0.2) is 6.20 Å². The molecule has 1 aromatic rings. The quantitative estimate of drug-likeness (QED) is 0.625. The molecule has 2 N–H and O–H groups in total. The number of aromatic nitrogens is 1. The van der Waals surface area contributed by atoms with Gasteiger partial charge in [0, 0.05) is 0 Å². The van der Waals surface area contributed by atoms with Gasteiger partial charge >= 0.3 is 18.0 Å². The molecular formula is C7H3F3N2O6. The smallest absolute Gasteiger partial charge is 0.503 e. The van der Waals surface area contributed by atoms with E-state index in [1.165, 1.54) is 0 Å². The van der Waals surface area contributed by atoms with E-state index >= 15 is 0 Å². The number of carboxylic acids is 1. The van der Waals surface area contributed by atoms with Crippen molar-refractivity contribution in [3.8, 4) is 11.5 Å². The summed E-state index contributed by atoms with van der Waals surface area (Å²) in [5.74, 6) is -4.86. The summed E-state index contributed by atoms with van der Waals surface area (Å²) in [7, 11) is 0. The van der Waals surface area contributed by atoms with E-state index in [1.807, 2.05) is 0 Å². The monoisotopic (exact) mass is 268 g/mol. The molecular weight excluding hydrogens is 265 g/mol. The predicted octanol–water partition coefficient (Wildman–Crippen LogP) is 1.29. The highest BCUT2D eigenvalue weighted by Crippen LogP contribution is 2.40. The zero-order valence-corrected chi connectivity index (χ0v) is 8.13. The van der Waals surface area contributed by atoms with E-state index in [2.05, 4.69) is 9.72 Å². The lowest BCUT2D eigenvalue weighted by Crippen LogP contribution is -2.19. The zero-order valence-electron chi connectivity index (χ0n) is 8.13. The van der Waals surface area contributed by atoms with Gasteiger partial charge in [-0.3, -0.25) is 10.1 Å². The first kappa shape index (κ1) is 13.5. The zero-order chi connectivity index (χ0) is 14.1. The lowest BCUT2D eigenvalue weighted by atomic mass is 10.2. The number of alkyl halides is 3. The van der Waals surface area contributed by atoms with Gasteiger partial charge in [0.15, 0.2) is 5.75 Å². The van der Waals surface area contributed by atoms with Crippen LogP contribution in [0.2, 0.25) is 0 Å². The van der Waals surface area contributed by atoms with Crippen LogP contribution in [-0.4, -0.2) is 32.5 Å². The van der Waals surface area contributed by atoms with Crippen LogP contribution >= 0.6 is 0 Å². The molecule has 11 heteroatoms. The molecule has 0 bridgehead atoms. The highest BCUT2D eigenvalue weighted by atomic mass is 19.4. The second-order valence-electron chi connectivity index (χ2n) is 2.78. The molecule has 0 radical (unpaired) electrons. The van der Waals surface area contributed by atoms with Gasteiger partial charge in [0.1, 0.15) is 0 Å². The maximum atomic E-state index is 12.0. The van der Waals surface area contributed by atoms with E-state index in [4.69, 9.17) is 10.2 Å². The largest absolute Gasteiger partial charge is 0.573 e. The molecule has 98 valence electrons. The highest BCUT2D eigenvalue weighted by Gasteiger charge is 2.39. The molecule has 1 aromatic heterocycles. The summed E-state index contributed by atoms with van der Waals surface area (Å²) in [6, 6.07) is 0. The standard InChI is InChI=1S/C7H3F3N2O6/c8-7(9,10)18-5-2(13)1-11-3(6(14)15)4(5)12(16)17/h1,13H,(H,14,15). The first-order valence-electron chi connectivity index (χ1n) is 3.99. The van der Waals surface area contributed by atoms with Crippen molar-refractivity contribution in [1.82, 2.24) is 4.98 Å². The molecule has 0 unspecified atom stereocenters. The van der Waals surface area contributed by atoms with Crippen molar-refractivity contribution in [3.63, 3.8) is 0 Å². The van der Waals surface area contributed by atoms with Gasteiger partial charge in [0.25, 0.3) is 5.75 Å². The van der Waals surface area contributed by atoms with Gasteiger partial charge in [0.2, 0.25) is 5.69 Å². The minimum absolute atomic E-state index is 0.303. The molecule has 0 aliphatic heterocycles.